The molecule has 0 aromatic carbocycles. The summed E-state index contributed by atoms with van der Waals surface area (Å²) in [6.07, 6.45) is 1.70. The Morgan fingerprint density at radius 1 is 1.67 bits per heavy atom. The lowest BCUT2D eigenvalue weighted by Crippen LogP contribution is -2.18. The molecule has 1 aliphatic rings. The molecule has 1 aromatic heterocycles. The van der Waals surface area contributed by atoms with Crippen molar-refractivity contribution in [3.63, 3.8) is 0 Å². The summed E-state index contributed by atoms with van der Waals surface area (Å²) < 4.78 is 0. The molecular formula is C12H20ClN3OS. The molecule has 1 fully saturated rings. The van der Waals surface area contributed by atoms with Gasteiger partial charge in [0.2, 0.25) is 5.91 Å². The first-order valence-corrected chi connectivity index (χ1v) is 6.99. The van der Waals surface area contributed by atoms with E-state index in [9.17, 15) is 4.79 Å². The van der Waals surface area contributed by atoms with Gasteiger partial charge in [-0.25, -0.2) is 4.98 Å². The van der Waals surface area contributed by atoms with Crippen molar-refractivity contribution >= 4 is 34.8 Å². The van der Waals surface area contributed by atoms with E-state index in [1.54, 1.807) is 0 Å². The minimum atomic E-state index is 0. The van der Waals surface area contributed by atoms with Crippen LogP contribution in [0.3, 0.4) is 0 Å². The summed E-state index contributed by atoms with van der Waals surface area (Å²) in [5.74, 6) is 0.985. The smallest absolute Gasteiger partial charge is 0.226 e. The second-order valence-electron chi connectivity index (χ2n) is 4.84. The van der Waals surface area contributed by atoms with E-state index < -0.39 is 0 Å². The van der Waals surface area contributed by atoms with Gasteiger partial charge in [0.15, 0.2) is 5.13 Å². The standard InChI is InChI=1S/C12H19N3OS.ClH/c1-8(2)10-7-17-12(14-10)15-11(16)5-9-3-4-13-6-9;/h7-9,13H,3-6H2,1-2H3,(H,14,15,16);1H. The quantitative estimate of drug-likeness (QED) is 0.896. The Hall–Kier alpha value is -0.650. The van der Waals surface area contributed by atoms with Gasteiger partial charge in [0, 0.05) is 11.8 Å². The van der Waals surface area contributed by atoms with Crippen LogP contribution in [0.15, 0.2) is 5.38 Å². The van der Waals surface area contributed by atoms with Crippen LogP contribution in [-0.2, 0) is 4.79 Å². The normalized spacial score (nSPS) is 18.7. The zero-order chi connectivity index (χ0) is 12.3. The van der Waals surface area contributed by atoms with E-state index in [1.165, 1.54) is 11.3 Å². The van der Waals surface area contributed by atoms with Gasteiger partial charge >= 0.3 is 0 Å². The minimum Gasteiger partial charge on any atom is -0.316 e. The summed E-state index contributed by atoms with van der Waals surface area (Å²) in [5.41, 5.74) is 1.05. The van der Waals surface area contributed by atoms with E-state index in [4.69, 9.17) is 0 Å². The third-order valence-corrected chi connectivity index (χ3v) is 3.77. The number of nitrogens with zero attached hydrogens (tertiary/aromatic N) is 1. The summed E-state index contributed by atoms with van der Waals surface area (Å²) >= 11 is 1.51. The predicted octanol–water partition coefficient (Wildman–Crippen LogP) is 2.63. The van der Waals surface area contributed by atoms with Gasteiger partial charge in [-0.05, 0) is 31.3 Å². The second-order valence-corrected chi connectivity index (χ2v) is 5.70. The van der Waals surface area contributed by atoms with Crippen LogP contribution in [0.4, 0.5) is 5.13 Å². The average molecular weight is 290 g/mol. The van der Waals surface area contributed by atoms with Crippen LogP contribution >= 0.6 is 23.7 Å². The average Bonchev–Trinajstić information content (AvgIpc) is 2.88. The van der Waals surface area contributed by atoms with Gasteiger partial charge in [0.05, 0.1) is 5.69 Å². The molecule has 102 valence electrons. The fourth-order valence-corrected chi connectivity index (χ4v) is 2.82. The number of amides is 1. The molecule has 1 saturated heterocycles. The van der Waals surface area contributed by atoms with Crippen LogP contribution in [0.1, 0.15) is 38.3 Å². The predicted molar refractivity (Wildman–Crippen MR) is 77.7 cm³/mol. The monoisotopic (exact) mass is 289 g/mol. The maximum atomic E-state index is 11.8. The van der Waals surface area contributed by atoms with Gasteiger partial charge in [0.25, 0.3) is 0 Å². The van der Waals surface area contributed by atoms with Crippen LogP contribution < -0.4 is 10.6 Å². The number of rotatable bonds is 4. The lowest BCUT2D eigenvalue weighted by Gasteiger charge is -2.06. The molecular weight excluding hydrogens is 270 g/mol. The Balaban J connectivity index is 0.00000162. The molecule has 1 atom stereocenters. The summed E-state index contributed by atoms with van der Waals surface area (Å²) in [4.78, 5) is 16.2. The molecule has 0 spiro atoms. The molecule has 1 unspecified atom stereocenters. The van der Waals surface area contributed by atoms with E-state index in [0.29, 0.717) is 18.3 Å². The Bertz CT molecular complexity index is 388. The molecule has 6 heteroatoms. The molecule has 2 rings (SSSR count). The molecule has 0 aliphatic carbocycles. The molecule has 2 N–H and O–H groups in total. The lowest BCUT2D eigenvalue weighted by atomic mass is 10.1. The van der Waals surface area contributed by atoms with Crippen LogP contribution in [0.5, 0.6) is 0 Å². The van der Waals surface area contributed by atoms with Crippen LogP contribution in [0.25, 0.3) is 0 Å². The van der Waals surface area contributed by atoms with E-state index in [0.717, 1.165) is 30.3 Å². The van der Waals surface area contributed by atoms with Crippen molar-refractivity contribution in [2.24, 2.45) is 5.92 Å². The van der Waals surface area contributed by atoms with Crippen molar-refractivity contribution < 1.29 is 4.79 Å². The fraction of sp³-hybridized carbons (Fsp3) is 0.667. The van der Waals surface area contributed by atoms with Gasteiger partial charge < -0.3 is 10.6 Å². The number of aromatic nitrogens is 1. The van der Waals surface area contributed by atoms with E-state index in [2.05, 4.69) is 29.5 Å². The van der Waals surface area contributed by atoms with Crippen molar-refractivity contribution in [1.82, 2.24) is 10.3 Å². The Morgan fingerprint density at radius 3 is 3.00 bits per heavy atom. The van der Waals surface area contributed by atoms with Crippen molar-refractivity contribution in [3.05, 3.63) is 11.1 Å². The maximum Gasteiger partial charge on any atom is 0.226 e. The third kappa shape index (κ3) is 4.23. The number of carbonyl (C=O) groups is 1. The maximum absolute atomic E-state index is 11.8. The first-order chi connectivity index (χ1) is 8.15. The highest BCUT2D eigenvalue weighted by Crippen LogP contribution is 2.22. The summed E-state index contributed by atoms with van der Waals surface area (Å²) in [7, 11) is 0. The highest BCUT2D eigenvalue weighted by molar-refractivity contribution is 7.13. The first kappa shape index (κ1) is 15.4. The summed E-state index contributed by atoms with van der Waals surface area (Å²) in [6.45, 7) is 6.20. The van der Waals surface area contributed by atoms with Crippen LogP contribution in [0.2, 0.25) is 0 Å². The SMILES string of the molecule is CC(C)c1csc(NC(=O)CC2CCNC2)n1.Cl. The summed E-state index contributed by atoms with van der Waals surface area (Å²) in [5, 5.41) is 8.89. The molecule has 18 heavy (non-hydrogen) atoms. The van der Waals surface area contributed by atoms with Crippen molar-refractivity contribution in [2.45, 2.75) is 32.6 Å². The Kier molecular flexibility index (Phi) is 6.05. The largest absolute Gasteiger partial charge is 0.316 e. The second kappa shape index (κ2) is 7.07. The van der Waals surface area contributed by atoms with Gasteiger partial charge in [-0.2, -0.15) is 0 Å². The topological polar surface area (TPSA) is 54.0 Å². The lowest BCUT2D eigenvalue weighted by molar-refractivity contribution is -0.116. The van der Waals surface area contributed by atoms with E-state index in [-0.39, 0.29) is 18.3 Å². The molecule has 2 heterocycles. The molecule has 1 aromatic rings. The number of anilines is 1. The van der Waals surface area contributed by atoms with Crippen LogP contribution in [0, 0.1) is 5.92 Å². The molecule has 4 nitrogen and oxygen atoms in total. The zero-order valence-electron chi connectivity index (χ0n) is 10.7. The molecule has 0 bridgehead atoms. The number of hydrogen-bond acceptors (Lipinski definition) is 4. The van der Waals surface area contributed by atoms with Gasteiger partial charge in [-0.1, -0.05) is 13.8 Å². The van der Waals surface area contributed by atoms with Crippen molar-refractivity contribution in [1.29, 1.82) is 0 Å². The number of carbonyl (C=O) groups excluding carboxylic acids is 1. The molecule has 1 aliphatic heterocycles. The number of nitrogens with one attached hydrogen (secondary N) is 2. The van der Waals surface area contributed by atoms with E-state index >= 15 is 0 Å². The highest BCUT2D eigenvalue weighted by Gasteiger charge is 2.18. The Labute approximate surface area is 118 Å². The van der Waals surface area contributed by atoms with Crippen LogP contribution in [-0.4, -0.2) is 24.0 Å². The molecule has 0 saturated carbocycles. The minimum absolute atomic E-state index is 0. The molecule has 1 amide bonds. The van der Waals surface area contributed by atoms with Gasteiger partial charge in [-0.3, -0.25) is 4.79 Å². The van der Waals surface area contributed by atoms with Gasteiger partial charge in [0.1, 0.15) is 0 Å². The zero-order valence-corrected chi connectivity index (χ0v) is 12.4. The van der Waals surface area contributed by atoms with E-state index in [1.807, 2.05) is 5.38 Å². The fourth-order valence-electron chi connectivity index (χ4n) is 1.93. The number of halogens is 1. The van der Waals surface area contributed by atoms with Crippen molar-refractivity contribution in [3.8, 4) is 0 Å². The van der Waals surface area contributed by atoms with Gasteiger partial charge in [-0.15, -0.1) is 23.7 Å². The van der Waals surface area contributed by atoms with Crippen molar-refractivity contribution in [2.75, 3.05) is 18.4 Å². The third-order valence-electron chi connectivity index (χ3n) is 3.00. The summed E-state index contributed by atoms with van der Waals surface area (Å²) in [6, 6.07) is 0. The first-order valence-electron chi connectivity index (χ1n) is 6.11. The molecule has 0 radical (unpaired) electrons. The highest BCUT2D eigenvalue weighted by atomic mass is 35.5. The number of hydrogen-bond donors (Lipinski definition) is 2. The Morgan fingerprint density at radius 2 is 2.44 bits per heavy atom. The number of thiazole rings is 1.